The molecule has 0 radical (unpaired) electrons. The number of fused-ring (bicyclic) bond motifs is 1. The number of hydrogen-bond acceptors (Lipinski definition) is 2. The molecular formula is C19H19NO. The Morgan fingerprint density at radius 1 is 0.952 bits per heavy atom. The Bertz CT molecular complexity index is 759. The Hall–Kier alpha value is -2.48. The van der Waals surface area contributed by atoms with E-state index in [1.54, 1.807) is 7.11 Å². The van der Waals surface area contributed by atoms with Crippen LogP contribution in [0.4, 0.5) is 5.69 Å². The van der Waals surface area contributed by atoms with E-state index in [9.17, 15) is 0 Å². The van der Waals surface area contributed by atoms with Gasteiger partial charge >= 0.3 is 0 Å². The fourth-order valence-electron chi connectivity index (χ4n) is 2.62. The van der Waals surface area contributed by atoms with Gasteiger partial charge in [-0.05, 0) is 24.4 Å². The maximum absolute atomic E-state index is 5.44. The Morgan fingerprint density at radius 3 is 2.62 bits per heavy atom. The van der Waals surface area contributed by atoms with Gasteiger partial charge in [-0.3, -0.25) is 0 Å². The summed E-state index contributed by atoms with van der Waals surface area (Å²) in [5.74, 6) is 0.924. The van der Waals surface area contributed by atoms with Crippen molar-refractivity contribution in [1.82, 2.24) is 0 Å². The van der Waals surface area contributed by atoms with Crippen molar-refractivity contribution < 1.29 is 4.74 Å². The molecule has 1 N–H and O–H groups in total. The van der Waals surface area contributed by atoms with Crippen LogP contribution in [0.15, 0.2) is 60.7 Å². The van der Waals surface area contributed by atoms with Crippen molar-refractivity contribution in [3.05, 3.63) is 71.8 Å². The number of methoxy groups -OCH3 is 1. The van der Waals surface area contributed by atoms with Crippen LogP contribution in [0.25, 0.3) is 10.8 Å². The Kier molecular flexibility index (Phi) is 3.78. The fourth-order valence-corrected chi connectivity index (χ4v) is 2.62. The third-order valence-electron chi connectivity index (χ3n) is 3.69. The third kappa shape index (κ3) is 2.84. The molecule has 0 aliphatic rings. The van der Waals surface area contributed by atoms with E-state index in [1.165, 1.54) is 21.9 Å². The van der Waals surface area contributed by atoms with Gasteiger partial charge in [0.15, 0.2) is 0 Å². The molecule has 0 bridgehead atoms. The Labute approximate surface area is 125 Å². The SMILES string of the molecule is COc1ccc(C)cc1CNc1cccc2ccccc12. The number of nitrogens with one attached hydrogen (secondary N) is 1. The Balaban J connectivity index is 1.89. The van der Waals surface area contributed by atoms with Gasteiger partial charge in [0, 0.05) is 23.2 Å². The molecule has 0 fully saturated rings. The number of anilines is 1. The first-order valence-electron chi connectivity index (χ1n) is 7.13. The molecule has 0 saturated heterocycles. The summed E-state index contributed by atoms with van der Waals surface area (Å²) in [6, 6.07) is 21.0. The lowest BCUT2D eigenvalue weighted by molar-refractivity contribution is 0.410. The zero-order valence-electron chi connectivity index (χ0n) is 12.4. The standard InChI is InChI=1S/C19H19NO/c1-14-10-11-19(21-2)16(12-14)13-20-18-9-5-7-15-6-3-4-8-17(15)18/h3-12,20H,13H2,1-2H3. The predicted molar refractivity (Wildman–Crippen MR) is 89.0 cm³/mol. The monoisotopic (exact) mass is 277 g/mol. The van der Waals surface area contributed by atoms with Crippen molar-refractivity contribution in [2.24, 2.45) is 0 Å². The van der Waals surface area contributed by atoms with Crippen LogP contribution in [0.3, 0.4) is 0 Å². The number of aryl methyl sites for hydroxylation is 1. The number of ether oxygens (including phenoxy) is 1. The first-order chi connectivity index (χ1) is 10.3. The minimum atomic E-state index is 0.749. The van der Waals surface area contributed by atoms with Crippen molar-refractivity contribution in [2.75, 3.05) is 12.4 Å². The smallest absolute Gasteiger partial charge is 0.123 e. The van der Waals surface area contributed by atoms with Gasteiger partial charge in [0.2, 0.25) is 0 Å². The van der Waals surface area contributed by atoms with Crippen molar-refractivity contribution in [2.45, 2.75) is 13.5 Å². The van der Waals surface area contributed by atoms with Crippen LogP contribution < -0.4 is 10.1 Å². The van der Waals surface area contributed by atoms with E-state index in [0.29, 0.717) is 0 Å². The van der Waals surface area contributed by atoms with Crippen LogP contribution in [0.1, 0.15) is 11.1 Å². The summed E-state index contributed by atoms with van der Waals surface area (Å²) in [5, 5.41) is 6.02. The van der Waals surface area contributed by atoms with Gasteiger partial charge in [-0.25, -0.2) is 0 Å². The summed E-state index contributed by atoms with van der Waals surface area (Å²) in [7, 11) is 1.71. The van der Waals surface area contributed by atoms with Gasteiger partial charge in [0.1, 0.15) is 5.75 Å². The maximum atomic E-state index is 5.44. The second-order valence-corrected chi connectivity index (χ2v) is 5.20. The summed E-state index contributed by atoms with van der Waals surface area (Å²) in [6.45, 7) is 2.85. The molecule has 106 valence electrons. The molecule has 3 rings (SSSR count). The van der Waals surface area contributed by atoms with Gasteiger partial charge in [0.25, 0.3) is 0 Å². The number of rotatable bonds is 4. The van der Waals surface area contributed by atoms with E-state index in [0.717, 1.165) is 18.0 Å². The zero-order valence-corrected chi connectivity index (χ0v) is 12.4. The van der Waals surface area contributed by atoms with Crippen molar-refractivity contribution >= 4 is 16.5 Å². The van der Waals surface area contributed by atoms with Gasteiger partial charge in [-0.2, -0.15) is 0 Å². The van der Waals surface area contributed by atoms with E-state index in [2.05, 4.69) is 66.8 Å². The second kappa shape index (κ2) is 5.88. The van der Waals surface area contributed by atoms with Crippen molar-refractivity contribution in [3.8, 4) is 5.75 Å². The molecule has 3 aromatic rings. The summed E-state index contributed by atoms with van der Waals surface area (Å²) in [5.41, 5.74) is 3.56. The molecule has 0 unspecified atom stereocenters. The van der Waals surface area contributed by atoms with E-state index in [4.69, 9.17) is 4.74 Å². The lowest BCUT2D eigenvalue weighted by atomic mass is 10.1. The number of hydrogen-bond donors (Lipinski definition) is 1. The van der Waals surface area contributed by atoms with E-state index >= 15 is 0 Å². The summed E-state index contributed by atoms with van der Waals surface area (Å²) in [4.78, 5) is 0. The minimum absolute atomic E-state index is 0.749. The second-order valence-electron chi connectivity index (χ2n) is 5.20. The largest absolute Gasteiger partial charge is 0.496 e. The maximum Gasteiger partial charge on any atom is 0.123 e. The van der Waals surface area contributed by atoms with Crippen LogP contribution in [0.5, 0.6) is 5.75 Å². The average molecular weight is 277 g/mol. The van der Waals surface area contributed by atoms with Gasteiger partial charge in [0.05, 0.1) is 7.11 Å². The molecular weight excluding hydrogens is 258 g/mol. The fraction of sp³-hybridized carbons (Fsp3) is 0.158. The molecule has 0 aliphatic carbocycles. The van der Waals surface area contributed by atoms with Gasteiger partial charge in [-0.15, -0.1) is 0 Å². The van der Waals surface area contributed by atoms with E-state index < -0.39 is 0 Å². The van der Waals surface area contributed by atoms with E-state index in [-0.39, 0.29) is 0 Å². The molecule has 0 spiro atoms. The molecule has 0 heterocycles. The molecule has 0 aromatic heterocycles. The quantitative estimate of drug-likeness (QED) is 0.741. The number of benzene rings is 3. The van der Waals surface area contributed by atoms with Crippen LogP contribution in [0.2, 0.25) is 0 Å². The lowest BCUT2D eigenvalue weighted by Gasteiger charge is -2.13. The first kappa shape index (κ1) is 13.5. The van der Waals surface area contributed by atoms with Crippen LogP contribution in [0, 0.1) is 6.92 Å². The normalized spacial score (nSPS) is 10.6. The highest BCUT2D eigenvalue weighted by Gasteiger charge is 2.04. The molecule has 0 saturated carbocycles. The molecule has 0 atom stereocenters. The first-order valence-corrected chi connectivity index (χ1v) is 7.13. The summed E-state index contributed by atoms with van der Waals surface area (Å²) < 4.78 is 5.44. The molecule has 2 nitrogen and oxygen atoms in total. The van der Waals surface area contributed by atoms with E-state index in [1.807, 2.05) is 6.07 Å². The van der Waals surface area contributed by atoms with Crippen molar-refractivity contribution in [3.63, 3.8) is 0 Å². The summed E-state index contributed by atoms with van der Waals surface area (Å²) >= 11 is 0. The predicted octanol–water partition coefficient (Wildman–Crippen LogP) is 4.77. The lowest BCUT2D eigenvalue weighted by Crippen LogP contribution is -2.02. The zero-order chi connectivity index (χ0) is 14.7. The van der Waals surface area contributed by atoms with Crippen molar-refractivity contribution in [1.29, 1.82) is 0 Å². The Morgan fingerprint density at radius 2 is 1.76 bits per heavy atom. The minimum Gasteiger partial charge on any atom is -0.496 e. The molecule has 21 heavy (non-hydrogen) atoms. The third-order valence-corrected chi connectivity index (χ3v) is 3.69. The van der Waals surface area contributed by atoms with Crippen LogP contribution in [-0.4, -0.2) is 7.11 Å². The molecule has 0 amide bonds. The van der Waals surface area contributed by atoms with Gasteiger partial charge < -0.3 is 10.1 Å². The molecule has 0 aliphatic heterocycles. The van der Waals surface area contributed by atoms with Gasteiger partial charge in [-0.1, -0.05) is 54.1 Å². The highest BCUT2D eigenvalue weighted by Crippen LogP contribution is 2.25. The highest BCUT2D eigenvalue weighted by atomic mass is 16.5. The van der Waals surface area contributed by atoms with Crippen LogP contribution in [-0.2, 0) is 6.54 Å². The average Bonchev–Trinajstić information content (AvgIpc) is 2.53. The van der Waals surface area contributed by atoms with Crippen LogP contribution >= 0.6 is 0 Å². The molecule has 2 heteroatoms. The summed E-state index contributed by atoms with van der Waals surface area (Å²) in [6.07, 6.45) is 0. The topological polar surface area (TPSA) is 21.3 Å². The highest BCUT2D eigenvalue weighted by molar-refractivity contribution is 5.93. The molecule has 3 aromatic carbocycles.